The molecule has 0 radical (unpaired) electrons. The Hall–Kier alpha value is -2.90. The van der Waals surface area contributed by atoms with Crippen molar-refractivity contribution in [2.24, 2.45) is 0 Å². The van der Waals surface area contributed by atoms with Crippen molar-refractivity contribution in [3.63, 3.8) is 0 Å². The Kier molecular flexibility index (Phi) is 5.51. The maximum Gasteiger partial charge on any atom is 0.416 e. The fourth-order valence-corrected chi connectivity index (χ4v) is 3.65. The van der Waals surface area contributed by atoms with Gasteiger partial charge < -0.3 is 5.32 Å². The summed E-state index contributed by atoms with van der Waals surface area (Å²) in [4.78, 5) is 13.1. The molecule has 1 aliphatic rings. The molecular weight excluding hydrogens is 379 g/mol. The van der Waals surface area contributed by atoms with E-state index in [2.05, 4.69) is 20.3 Å². The van der Waals surface area contributed by atoms with E-state index in [4.69, 9.17) is 0 Å². The average Bonchev–Trinajstić information content (AvgIpc) is 3.13. The van der Waals surface area contributed by atoms with Crippen LogP contribution in [0.1, 0.15) is 44.1 Å². The van der Waals surface area contributed by atoms with Gasteiger partial charge in [0.1, 0.15) is 12.1 Å². The minimum absolute atomic E-state index is 0.288. The van der Waals surface area contributed by atoms with E-state index in [0.717, 1.165) is 37.8 Å². The molecule has 1 N–H and O–H groups in total. The SMILES string of the molecule is FC(F)(F)c1ccc(-c2cnc(-n3ccnc3)nc2NC2CCCCCC2)cc1. The van der Waals surface area contributed by atoms with E-state index in [9.17, 15) is 13.2 Å². The lowest BCUT2D eigenvalue weighted by Crippen LogP contribution is -2.20. The summed E-state index contributed by atoms with van der Waals surface area (Å²) in [5.41, 5.74) is 0.661. The highest BCUT2D eigenvalue weighted by molar-refractivity contribution is 5.75. The van der Waals surface area contributed by atoms with Crippen LogP contribution in [0.2, 0.25) is 0 Å². The molecule has 4 rings (SSSR count). The number of benzene rings is 1. The summed E-state index contributed by atoms with van der Waals surface area (Å²) >= 11 is 0. The van der Waals surface area contributed by atoms with Gasteiger partial charge in [0.25, 0.3) is 0 Å². The van der Waals surface area contributed by atoms with Crippen molar-refractivity contribution in [2.75, 3.05) is 5.32 Å². The number of rotatable bonds is 4. The number of hydrogen-bond donors (Lipinski definition) is 1. The summed E-state index contributed by atoms with van der Waals surface area (Å²) in [6.45, 7) is 0. The topological polar surface area (TPSA) is 55.6 Å². The Morgan fingerprint density at radius 2 is 1.72 bits per heavy atom. The minimum atomic E-state index is -4.36. The van der Waals surface area contributed by atoms with Gasteiger partial charge >= 0.3 is 6.18 Å². The molecule has 0 amide bonds. The number of hydrogen-bond acceptors (Lipinski definition) is 4. The van der Waals surface area contributed by atoms with E-state index in [1.807, 2.05) is 0 Å². The second-order valence-electron chi connectivity index (χ2n) is 7.31. The van der Waals surface area contributed by atoms with Crippen molar-refractivity contribution in [1.29, 1.82) is 0 Å². The molecule has 1 aliphatic carbocycles. The molecule has 5 nitrogen and oxygen atoms in total. The zero-order valence-corrected chi connectivity index (χ0v) is 15.9. The number of nitrogens with zero attached hydrogens (tertiary/aromatic N) is 4. The Balaban J connectivity index is 1.69. The van der Waals surface area contributed by atoms with Gasteiger partial charge in [0.2, 0.25) is 5.95 Å². The van der Waals surface area contributed by atoms with Crippen LogP contribution in [0.3, 0.4) is 0 Å². The van der Waals surface area contributed by atoms with Gasteiger partial charge in [-0.2, -0.15) is 18.2 Å². The molecule has 3 aromatic rings. The molecule has 1 saturated carbocycles. The lowest BCUT2D eigenvalue weighted by Gasteiger charge is -2.20. The summed E-state index contributed by atoms with van der Waals surface area (Å²) < 4.78 is 40.4. The number of imidazole rings is 1. The lowest BCUT2D eigenvalue weighted by molar-refractivity contribution is -0.137. The Bertz CT molecular complexity index is 928. The highest BCUT2D eigenvalue weighted by Gasteiger charge is 2.30. The molecule has 0 unspecified atom stereocenters. The molecule has 8 heteroatoms. The maximum atomic E-state index is 12.9. The van der Waals surface area contributed by atoms with Crippen molar-refractivity contribution in [3.8, 4) is 17.1 Å². The highest BCUT2D eigenvalue weighted by Crippen LogP contribution is 2.33. The number of nitrogens with one attached hydrogen (secondary N) is 1. The van der Waals surface area contributed by atoms with E-state index in [1.165, 1.54) is 25.0 Å². The number of anilines is 1. The van der Waals surface area contributed by atoms with Gasteiger partial charge in [-0.25, -0.2) is 9.97 Å². The Morgan fingerprint density at radius 1 is 1.00 bits per heavy atom. The summed E-state index contributed by atoms with van der Waals surface area (Å²) in [5, 5.41) is 3.53. The standard InChI is InChI=1S/C21H22F3N5/c22-21(23,24)16-9-7-15(8-10-16)18-13-26-20(29-12-11-25-14-29)28-19(18)27-17-5-3-1-2-4-6-17/h7-14,17H,1-6H2,(H,26,27,28). The molecule has 0 spiro atoms. The van der Waals surface area contributed by atoms with Crippen LogP contribution in [-0.2, 0) is 6.18 Å². The van der Waals surface area contributed by atoms with Gasteiger partial charge in [-0.15, -0.1) is 0 Å². The van der Waals surface area contributed by atoms with Gasteiger partial charge in [0.15, 0.2) is 0 Å². The van der Waals surface area contributed by atoms with Crippen LogP contribution in [-0.4, -0.2) is 25.6 Å². The fourth-order valence-electron chi connectivity index (χ4n) is 3.65. The van der Waals surface area contributed by atoms with Gasteiger partial charge in [0.05, 0.1) is 5.56 Å². The fraction of sp³-hybridized carbons (Fsp3) is 0.381. The Labute approximate surface area is 167 Å². The van der Waals surface area contributed by atoms with Gasteiger partial charge in [-0.05, 0) is 30.5 Å². The third kappa shape index (κ3) is 4.58. The van der Waals surface area contributed by atoms with Crippen molar-refractivity contribution in [2.45, 2.75) is 50.7 Å². The summed E-state index contributed by atoms with van der Waals surface area (Å²) in [7, 11) is 0. The first-order valence-corrected chi connectivity index (χ1v) is 9.80. The zero-order valence-electron chi connectivity index (χ0n) is 15.9. The van der Waals surface area contributed by atoms with Crippen molar-refractivity contribution >= 4 is 5.82 Å². The van der Waals surface area contributed by atoms with Crippen LogP contribution < -0.4 is 5.32 Å². The molecule has 0 atom stereocenters. The van der Waals surface area contributed by atoms with Gasteiger partial charge in [0, 0.05) is 30.2 Å². The molecule has 152 valence electrons. The van der Waals surface area contributed by atoms with Crippen LogP contribution >= 0.6 is 0 Å². The molecule has 29 heavy (non-hydrogen) atoms. The third-order valence-corrected chi connectivity index (χ3v) is 5.23. The predicted molar refractivity (Wildman–Crippen MR) is 105 cm³/mol. The van der Waals surface area contributed by atoms with Crippen molar-refractivity contribution in [3.05, 3.63) is 54.7 Å². The number of halogens is 3. The normalized spacial score (nSPS) is 15.8. The molecule has 0 saturated heterocycles. The van der Waals surface area contributed by atoms with Crippen molar-refractivity contribution < 1.29 is 13.2 Å². The molecule has 2 aromatic heterocycles. The third-order valence-electron chi connectivity index (χ3n) is 5.23. The minimum Gasteiger partial charge on any atom is -0.367 e. The van der Waals surface area contributed by atoms with E-state index in [1.54, 1.807) is 29.5 Å². The second kappa shape index (κ2) is 8.23. The molecular formula is C21H22F3N5. The largest absolute Gasteiger partial charge is 0.416 e. The number of alkyl halides is 3. The first-order chi connectivity index (χ1) is 14.0. The summed E-state index contributed by atoms with van der Waals surface area (Å²) in [5.74, 6) is 1.10. The van der Waals surface area contributed by atoms with Crippen LogP contribution in [0.4, 0.5) is 19.0 Å². The second-order valence-corrected chi connectivity index (χ2v) is 7.31. The zero-order chi connectivity index (χ0) is 20.3. The first-order valence-electron chi connectivity index (χ1n) is 9.80. The smallest absolute Gasteiger partial charge is 0.367 e. The molecule has 1 aromatic carbocycles. The number of aromatic nitrogens is 4. The predicted octanol–water partition coefficient (Wildman–Crippen LogP) is 5.48. The monoisotopic (exact) mass is 401 g/mol. The molecule has 1 fully saturated rings. The molecule has 2 heterocycles. The van der Waals surface area contributed by atoms with Crippen molar-refractivity contribution in [1.82, 2.24) is 19.5 Å². The first kappa shape index (κ1) is 19.4. The Morgan fingerprint density at radius 3 is 2.34 bits per heavy atom. The van der Waals surface area contributed by atoms with Crippen LogP contribution in [0.5, 0.6) is 0 Å². The van der Waals surface area contributed by atoms with E-state index in [-0.39, 0.29) is 6.04 Å². The summed E-state index contributed by atoms with van der Waals surface area (Å²) in [6, 6.07) is 5.41. The lowest BCUT2D eigenvalue weighted by atomic mass is 10.0. The summed E-state index contributed by atoms with van der Waals surface area (Å²) in [6.07, 6.45) is 9.19. The van der Waals surface area contributed by atoms with Crippen LogP contribution in [0, 0.1) is 0 Å². The van der Waals surface area contributed by atoms with Gasteiger partial charge in [-0.1, -0.05) is 37.8 Å². The van der Waals surface area contributed by atoms with Crippen LogP contribution in [0.25, 0.3) is 17.1 Å². The molecule has 0 bridgehead atoms. The maximum absolute atomic E-state index is 12.9. The average molecular weight is 401 g/mol. The quantitative estimate of drug-likeness (QED) is 0.588. The van der Waals surface area contributed by atoms with Crippen LogP contribution in [0.15, 0.2) is 49.2 Å². The van der Waals surface area contributed by atoms with E-state index in [0.29, 0.717) is 22.9 Å². The highest BCUT2D eigenvalue weighted by atomic mass is 19.4. The van der Waals surface area contributed by atoms with E-state index >= 15 is 0 Å². The van der Waals surface area contributed by atoms with E-state index < -0.39 is 11.7 Å². The molecule has 0 aliphatic heterocycles. The van der Waals surface area contributed by atoms with Gasteiger partial charge in [-0.3, -0.25) is 4.57 Å².